The summed E-state index contributed by atoms with van der Waals surface area (Å²) in [5.74, 6) is 0. The van der Waals surface area contributed by atoms with Gasteiger partial charge in [-0.15, -0.1) is 0 Å². The minimum absolute atomic E-state index is 0.251. The van der Waals surface area contributed by atoms with Gasteiger partial charge in [0.25, 0.3) is 0 Å². The average molecular weight is 551 g/mol. The first-order valence-corrected chi connectivity index (χ1v) is 14.8. The van der Waals surface area contributed by atoms with E-state index in [-0.39, 0.29) is 9.79 Å². The average Bonchev–Trinajstić information content (AvgIpc) is 3.59. The summed E-state index contributed by atoms with van der Waals surface area (Å²) in [7, 11) is -3.77. The van der Waals surface area contributed by atoms with E-state index in [0.717, 1.165) is 66.1 Å². The summed E-state index contributed by atoms with van der Waals surface area (Å²) in [4.78, 5) is 0.501. The van der Waals surface area contributed by atoms with Gasteiger partial charge in [0.1, 0.15) is 22.3 Å². The second-order valence-corrected chi connectivity index (χ2v) is 12.1. The highest BCUT2D eigenvalue weighted by atomic mass is 32.2. The lowest BCUT2D eigenvalue weighted by molar-refractivity contribution is 0.596. The van der Waals surface area contributed by atoms with Crippen LogP contribution in [0.5, 0.6) is 0 Å². The second-order valence-electron chi connectivity index (χ2n) is 10.2. The SMILES string of the molecule is O=S(=O)(c1cccc(-c2ccc3oc4ccccc4c3c2)c1)c1cccc(-c2ccc3oc4ccccc4c3c2)c1. The van der Waals surface area contributed by atoms with E-state index in [9.17, 15) is 8.42 Å². The molecular weight excluding hydrogens is 528 g/mol. The van der Waals surface area contributed by atoms with E-state index < -0.39 is 9.84 Å². The lowest BCUT2D eigenvalue weighted by Gasteiger charge is -2.10. The summed E-state index contributed by atoms with van der Waals surface area (Å²) in [6.07, 6.45) is 0. The van der Waals surface area contributed by atoms with Gasteiger partial charge in [0, 0.05) is 21.5 Å². The molecule has 0 atom stereocenters. The first-order valence-electron chi connectivity index (χ1n) is 13.3. The summed E-state index contributed by atoms with van der Waals surface area (Å²) in [6, 6.07) is 42.0. The monoisotopic (exact) mass is 550 g/mol. The maximum atomic E-state index is 13.9. The molecule has 2 heterocycles. The van der Waals surface area contributed by atoms with E-state index in [0.29, 0.717) is 0 Å². The van der Waals surface area contributed by atoms with E-state index in [1.807, 2.05) is 84.9 Å². The van der Waals surface area contributed by atoms with Gasteiger partial charge in [0.2, 0.25) is 9.84 Å². The molecule has 0 amide bonds. The van der Waals surface area contributed by atoms with Crippen molar-refractivity contribution in [1.82, 2.24) is 0 Å². The number of hydrogen-bond acceptors (Lipinski definition) is 4. The Balaban J connectivity index is 1.18. The van der Waals surface area contributed by atoms with Crippen LogP contribution in [0.3, 0.4) is 0 Å². The van der Waals surface area contributed by atoms with Crippen LogP contribution >= 0.6 is 0 Å². The third-order valence-electron chi connectivity index (χ3n) is 7.71. The predicted octanol–water partition coefficient (Wildman–Crippen LogP) is 9.65. The highest BCUT2D eigenvalue weighted by Gasteiger charge is 2.20. The van der Waals surface area contributed by atoms with Crippen LogP contribution in [0, 0.1) is 0 Å². The van der Waals surface area contributed by atoms with Gasteiger partial charge in [-0.25, -0.2) is 8.42 Å². The minimum atomic E-state index is -3.77. The fourth-order valence-corrected chi connectivity index (χ4v) is 6.98. The number of rotatable bonds is 4. The van der Waals surface area contributed by atoms with E-state index in [1.54, 1.807) is 36.4 Å². The topological polar surface area (TPSA) is 60.4 Å². The molecule has 8 rings (SSSR count). The Morgan fingerprint density at radius 2 is 0.780 bits per heavy atom. The van der Waals surface area contributed by atoms with Crippen LogP contribution in [-0.4, -0.2) is 8.42 Å². The molecule has 2 aromatic heterocycles. The molecule has 5 heteroatoms. The van der Waals surface area contributed by atoms with Gasteiger partial charge < -0.3 is 8.83 Å². The summed E-state index contributed by atoms with van der Waals surface area (Å²) >= 11 is 0. The molecule has 0 spiro atoms. The van der Waals surface area contributed by atoms with E-state index in [1.165, 1.54) is 0 Å². The molecular formula is C36H22O4S. The fraction of sp³-hybridized carbons (Fsp3) is 0. The van der Waals surface area contributed by atoms with Crippen LogP contribution in [-0.2, 0) is 9.84 Å². The Bertz CT molecular complexity index is 2230. The van der Waals surface area contributed by atoms with Crippen molar-refractivity contribution in [3.05, 3.63) is 133 Å². The van der Waals surface area contributed by atoms with Crippen molar-refractivity contribution in [3.8, 4) is 22.3 Å². The zero-order chi connectivity index (χ0) is 27.6. The van der Waals surface area contributed by atoms with Gasteiger partial charge in [-0.2, -0.15) is 0 Å². The summed E-state index contributed by atoms with van der Waals surface area (Å²) < 4.78 is 39.7. The van der Waals surface area contributed by atoms with E-state index in [4.69, 9.17) is 8.83 Å². The molecule has 0 bridgehead atoms. The molecule has 4 nitrogen and oxygen atoms in total. The quantitative estimate of drug-likeness (QED) is 0.219. The van der Waals surface area contributed by atoms with Crippen LogP contribution in [0.1, 0.15) is 0 Å². The van der Waals surface area contributed by atoms with Gasteiger partial charge in [-0.1, -0.05) is 72.8 Å². The Morgan fingerprint density at radius 3 is 1.27 bits per heavy atom. The van der Waals surface area contributed by atoms with Gasteiger partial charge in [0.15, 0.2) is 0 Å². The first-order chi connectivity index (χ1) is 20.0. The smallest absolute Gasteiger partial charge is 0.206 e. The number of hydrogen-bond donors (Lipinski definition) is 0. The lowest BCUT2D eigenvalue weighted by Crippen LogP contribution is -2.02. The number of furan rings is 2. The summed E-state index contributed by atoms with van der Waals surface area (Å²) in [5, 5.41) is 4.07. The molecule has 0 fully saturated rings. The van der Waals surface area contributed by atoms with Crippen molar-refractivity contribution in [2.75, 3.05) is 0 Å². The van der Waals surface area contributed by atoms with Gasteiger partial charge >= 0.3 is 0 Å². The van der Waals surface area contributed by atoms with Crippen molar-refractivity contribution in [1.29, 1.82) is 0 Å². The van der Waals surface area contributed by atoms with Crippen molar-refractivity contribution < 1.29 is 17.3 Å². The fourth-order valence-electron chi connectivity index (χ4n) is 5.63. The van der Waals surface area contributed by atoms with Crippen LogP contribution in [0.25, 0.3) is 66.1 Å². The largest absolute Gasteiger partial charge is 0.456 e. The Labute approximate surface area is 236 Å². The van der Waals surface area contributed by atoms with Crippen LogP contribution in [0.2, 0.25) is 0 Å². The van der Waals surface area contributed by atoms with Crippen molar-refractivity contribution in [2.24, 2.45) is 0 Å². The molecule has 0 aliphatic rings. The van der Waals surface area contributed by atoms with Gasteiger partial charge in [-0.3, -0.25) is 0 Å². The highest BCUT2D eigenvalue weighted by molar-refractivity contribution is 7.91. The highest BCUT2D eigenvalue weighted by Crippen LogP contribution is 2.35. The van der Waals surface area contributed by atoms with Gasteiger partial charge in [-0.05, 0) is 82.9 Å². The maximum absolute atomic E-state index is 13.9. The molecule has 0 saturated heterocycles. The molecule has 8 aromatic rings. The minimum Gasteiger partial charge on any atom is -0.456 e. The summed E-state index contributed by atoms with van der Waals surface area (Å²) in [5.41, 5.74) is 6.77. The normalized spacial score (nSPS) is 12.1. The molecule has 0 radical (unpaired) electrons. The molecule has 0 unspecified atom stereocenters. The molecule has 0 N–H and O–H groups in total. The van der Waals surface area contributed by atoms with Crippen molar-refractivity contribution >= 4 is 53.7 Å². The van der Waals surface area contributed by atoms with Crippen molar-refractivity contribution in [2.45, 2.75) is 9.79 Å². The third kappa shape index (κ3) is 3.85. The van der Waals surface area contributed by atoms with E-state index >= 15 is 0 Å². The Kier molecular flexibility index (Phi) is 5.18. The van der Waals surface area contributed by atoms with E-state index in [2.05, 4.69) is 12.1 Å². The predicted molar refractivity (Wildman–Crippen MR) is 164 cm³/mol. The molecule has 0 saturated carbocycles. The third-order valence-corrected chi connectivity index (χ3v) is 9.46. The van der Waals surface area contributed by atoms with Crippen LogP contribution in [0.4, 0.5) is 0 Å². The number of para-hydroxylation sites is 2. The second kappa shape index (κ2) is 8.95. The Morgan fingerprint density at radius 1 is 0.366 bits per heavy atom. The van der Waals surface area contributed by atoms with Crippen LogP contribution in [0.15, 0.2) is 152 Å². The molecule has 196 valence electrons. The van der Waals surface area contributed by atoms with Crippen LogP contribution < -0.4 is 0 Å². The Hall–Kier alpha value is -5.13. The zero-order valence-electron chi connectivity index (χ0n) is 21.7. The number of benzene rings is 6. The molecule has 0 aliphatic heterocycles. The number of fused-ring (bicyclic) bond motifs is 6. The zero-order valence-corrected chi connectivity index (χ0v) is 22.6. The van der Waals surface area contributed by atoms with Crippen molar-refractivity contribution in [3.63, 3.8) is 0 Å². The van der Waals surface area contributed by atoms with Gasteiger partial charge in [0.05, 0.1) is 9.79 Å². The molecule has 0 aliphatic carbocycles. The lowest BCUT2D eigenvalue weighted by atomic mass is 10.0. The molecule has 6 aromatic carbocycles. The first kappa shape index (κ1) is 23.7. The maximum Gasteiger partial charge on any atom is 0.206 e. The number of sulfone groups is 1. The summed E-state index contributed by atoms with van der Waals surface area (Å²) in [6.45, 7) is 0. The standard InChI is InChI=1S/C36H22O4S/c37-41(38,27-9-5-7-23(19-27)25-15-17-35-31(21-25)29-11-1-3-13-33(29)39-35)28-10-6-8-24(20-28)26-16-18-36-32(22-26)30-12-2-4-14-34(30)40-36/h1-22H. The molecule has 41 heavy (non-hydrogen) atoms.